The van der Waals surface area contributed by atoms with Gasteiger partial charge in [0.05, 0.1) is 26.1 Å². The molecule has 0 fully saturated rings. The fraction of sp³-hybridized carbons (Fsp3) is 0.538. The summed E-state index contributed by atoms with van der Waals surface area (Å²) in [6.07, 6.45) is -0.799. The van der Waals surface area contributed by atoms with Crippen LogP contribution in [0.1, 0.15) is 22.3 Å². The quantitative estimate of drug-likeness (QED) is 0.194. The zero-order chi connectivity index (χ0) is 30.9. The Hall–Kier alpha value is -1.39. The molecule has 2 aromatic rings. The number of aliphatic hydroxyl groups is 1. The van der Waals surface area contributed by atoms with Crippen molar-refractivity contribution in [3.05, 3.63) is 58.7 Å². The number of hydrogen-bond acceptors (Lipinski definition) is 9. The SMILES string of the molecule is C[Si]1(C)OCc2cccc(CN(CC(CO)N(Cc3cccc4c3O[Si](C)(C)OC4)CP(=O)(O)O)CP(C)(=O)O)c2O1. The van der Waals surface area contributed by atoms with E-state index in [0.717, 1.165) is 22.3 Å². The van der Waals surface area contributed by atoms with Gasteiger partial charge in [0.25, 0.3) is 0 Å². The van der Waals surface area contributed by atoms with Crippen molar-refractivity contribution in [1.82, 2.24) is 9.80 Å². The van der Waals surface area contributed by atoms with Crippen LogP contribution in [0.5, 0.6) is 11.5 Å². The standard InChI is InChI=1S/C26H42N2O10P2Si2/c1-39(30,31)18-27(12-20-8-6-10-22-16-35-41(2,3)37-25(20)22)14-24(15-29)28(19-40(32,33)34)13-21-9-7-11-23-17-36-42(4,5)38-26(21)23/h6-11,24,29H,12-19H2,1-5H3,(H,30,31)(H2,32,33,34). The number of nitrogens with zero attached hydrogens (tertiary/aromatic N) is 2. The lowest BCUT2D eigenvalue weighted by molar-refractivity contribution is 0.0915. The molecule has 2 aromatic carbocycles. The maximum absolute atomic E-state index is 12.6. The molecule has 0 saturated carbocycles. The summed E-state index contributed by atoms with van der Waals surface area (Å²) in [6.45, 7) is 9.75. The molecule has 0 spiro atoms. The van der Waals surface area contributed by atoms with Crippen molar-refractivity contribution in [2.75, 3.05) is 32.4 Å². The zero-order valence-corrected chi connectivity index (χ0v) is 28.5. The van der Waals surface area contributed by atoms with E-state index in [1.54, 1.807) is 4.90 Å². The summed E-state index contributed by atoms with van der Waals surface area (Å²) in [7, 11) is -12.9. The molecule has 42 heavy (non-hydrogen) atoms. The van der Waals surface area contributed by atoms with Gasteiger partial charge in [-0.05, 0) is 26.2 Å². The van der Waals surface area contributed by atoms with E-state index in [9.17, 15) is 28.9 Å². The van der Waals surface area contributed by atoms with E-state index in [4.69, 9.17) is 17.7 Å². The van der Waals surface area contributed by atoms with Gasteiger partial charge in [0, 0.05) is 54.6 Å². The number of rotatable bonds is 12. The Labute approximate surface area is 249 Å². The number of aliphatic hydroxyl groups excluding tert-OH is 1. The first kappa shape index (κ1) is 33.5. The highest BCUT2D eigenvalue weighted by molar-refractivity contribution is 7.57. The molecule has 0 bridgehead atoms. The minimum atomic E-state index is -4.56. The molecule has 12 nitrogen and oxygen atoms in total. The molecule has 2 aliphatic heterocycles. The Kier molecular flexibility index (Phi) is 10.3. The van der Waals surface area contributed by atoms with E-state index >= 15 is 0 Å². The van der Waals surface area contributed by atoms with Crippen molar-refractivity contribution in [3.63, 3.8) is 0 Å². The van der Waals surface area contributed by atoms with Crippen LogP contribution in [0.15, 0.2) is 36.4 Å². The minimum absolute atomic E-state index is 0.0646. The first-order chi connectivity index (χ1) is 19.4. The fourth-order valence-corrected chi connectivity index (χ4v) is 9.58. The van der Waals surface area contributed by atoms with Crippen LogP contribution in [0.4, 0.5) is 0 Å². The van der Waals surface area contributed by atoms with Crippen molar-refractivity contribution in [2.45, 2.75) is 58.5 Å². The van der Waals surface area contributed by atoms with Crippen LogP contribution < -0.4 is 8.85 Å². The van der Waals surface area contributed by atoms with Crippen molar-refractivity contribution in [3.8, 4) is 11.5 Å². The van der Waals surface area contributed by atoms with Crippen LogP contribution >= 0.6 is 15.0 Å². The largest absolute Gasteiger partial charge is 0.520 e. The molecular formula is C26H42N2O10P2Si2. The minimum Gasteiger partial charge on any atom is -0.520 e. The Morgan fingerprint density at radius 3 is 1.79 bits per heavy atom. The molecule has 0 aliphatic carbocycles. The summed E-state index contributed by atoms with van der Waals surface area (Å²) >= 11 is 0. The van der Waals surface area contributed by atoms with Gasteiger partial charge in [-0.1, -0.05) is 36.4 Å². The molecule has 16 heteroatoms. The zero-order valence-electron chi connectivity index (χ0n) is 24.7. The topological polar surface area (TPSA) is 158 Å². The molecule has 0 aromatic heterocycles. The Bertz CT molecular complexity index is 1370. The lowest BCUT2D eigenvalue weighted by atomic mass is 10.1. The monoisotopic (exact) mass is 660 g/mol. The summed E-state index contributed by atoms with van der Waals surface area (Å²) < 4.78 is 49.1. The van der Waals surface area contributed by atoms with Gasteiger partial charge in [-0.25, -0.2) is 0 Å². The summed E-state index contributed by atoms with van der Waals surface area (Å²) in [5, 5.41) is 10.5. The molecule has 0 amide bonds. The lowest BCUT2D eigenvalue weighted by Gasteiger charge is -2.37. The summed E-state index contributed by atoms with van der Waals surface area (Å²) in [4.78, 5) is 33.6. The van der Waals surface area contributed by atoms with E-state index in [1.165, 1.54) is 11.6 Å². The molecule has 2 heterocycles. The van der Waals surface area contributed by atoms with Crippen molar-refractivity contribution in [2.24, 2.45) is 0 Å². The lowest BCUT2D eigenvalue weighted by Crippen LogP contribution is -2.47. The van der Waals surface area contributed by atoms with Crippen molar-refractivity contribution >= 4 is 32.1 Å². The molecule has 234 valence electrons. The third kappa shape index (κ3) is 9.31. The second-order valence-electron chi connectivity index (χ2n) is 12.0. The van der Waals surface area contributed by atoms with Gasteiger partial charge >= 0.3 is 24.7 Å². The third-order valence-electron chi connectivity index (χ3n) is 6.99. The number of para-hydroxylation sites is 2. The number of benzene rings is 2. The summed E-state index contributed by atoms with van der Waals surface area (Å²) in [5.74, 6) is 1.34. The van der Waals surface area contributed by atoms with Crippen LogP contribution in [0.2, 0.25) is 26.2 Å². The van der Waals surface area contributed by atoms with Crippen LogP contribution in [0.25, 0.3) is 0 Å². The van der Waals surface area contributed by atoms with Crippen LogP contribution in [0, 0.1) is 0 Å². The molecule has 2 unspecified atom stereocenters. The molecule has 4 rings (SSSR count). The number of fused-ring (bicyclic) bond motifs is 2. The highest BCUT2D eigenvalue weighted by Gasteiger charge is 2.36. The van der Waals surface area contributed by atoms with Gasteiger partial charge in [-0.3, -0.25) is 18.9 Å². The molecule has 2 atom stereocenters. The third-order valence-corrected chi connectivity index (χ3v) is 11.7. The Morgan fingerprint density at radius 2 is 1.33 bits per heavy atom. The van der Waals surface area contributed by atoms with E-state index in [2.05, 4.69) is 0 Å². The van der Waals surface area contributed by atoms with Crippen LogP contribution in [-0.4, -0.2) is 85.1 Å². The molecule has 2 aliphatic rings. The first-order valence-corrected chi connectivity index (χ1v) is 23.4. The molecule has 0 radical (unpaired) electrons. The van der Waals surface area contributed by atoms with Gasteiger partial charge in [-0.15, -0.1) is 0 Å². The normalized spacial score (nSPS) is 19.8. The van der Waals surface area contributed by atoms with Gasteiger partial charge < -0.3 is 37.5 Å². The number of hydrogen-bond donors (Lipinski definition) is 4. The first-order valence-electron chi connectivity index (χ1n) is 13.7. The van der Waals surface area contributed by atoms with Gasteiger partial charge in [-0.2, -0.15) is 0 Å². The molecule has 4 N–H and O–H groups in total. The predicted molar refractivity (Wildman–Crippen MR) is 163 cm³/mol. The Balaban J connectivity index is 1.64. The second-order valence-corrected chi connectivity index (χ2v) is 22.6. The van der Waals surface area contributed by atoms with E-state index in [-0.39, 0.29) is 25.9 Å². The maximum atomic E-state index is 12.6. The summed E-state index contributed by atoms with van der Waals surface area (Å²) in [6, 6.07) is 10.5. The van der Waals surface area contributed by atoms with Gasteiger partial charge in [0.1, 0.15) is 17.8 Å². The van der Waals surface area contributed by atoms with E-state index in [1.807, 2.05) is 62.6 Å². The average molecular weight is 661 g/mol. The Morgan fingerprint density at radius 1 is 0.833 bits per heavy atom. The summed E-state index contributed by atoms with van der Waals surface area (Å²) in [5.41, 5.74) is 3.25. The van der Waals surface area contributed by atoms with Crippen LogP contribution in [0.3, 0.4) is 0 Å². The van der Waals surface area contributed by atoms with Crippen molar-refractivity contribution in [1.29, 1.82) is 0 Å². The van der Waals surface area contributed by atoms with E-state index < -0.39 is 51.0 Å². The van der Waals surface area contributed by atoms with Crippen molar-refractivity contribution < 1.29 is 46.6 Å². The highest BCUT2D eigenvalue weighted by atomic mass is 31.2. The van der Waals surface area contributed by atoms with Crippen LogP contribution in [-0.2, 0) is 44.3 Å². The predicted octanol–water partition coefficient (Wildman–Crippen LogP) is 3.57. The van der Waals surface area contributed by atoms with Gasteiger partial charge in [0.15, 0.2) is 0 Å². The maximum Gasteiger partial charge on any atom is 0.392 e. The second kappa shape index (κ2) is 12.9. The van der Waals surface area contributed by atoms with Gasteiger partial charge in [0.2, 0.25) is 7.37 Å². The average Bonchev–Trinajstić information content (AvgIpc) is 2.85. The fourth-order valence-electron chi connectivity index (χ4n) is 5.19. The highest BCUT2D eigenvalue weighted by Crippen LogP contribution is 2.41. The molecule has 0 saturated heterocycles. The smallest absolute Gasteiger partial charge is 0.392 e. The van der Waals surface area contributed by atoms with E-state index in [0.29, 0.717) is 24.7 Å². The molecular weight excluding hydrogens is 618 g/mol.